The molecule has 40 heavy (non-hydrogen) atoms. The van der Waals surface area contributed by atoms with Crippen molar-refractivity contribution in [3.63, 3.8) is 0 Å². The number of carbonyl (C=O) groups is 2. The Balaban J connectivity index is 1.58. The highest BCUT2D eigenvalue weighted by Crippen LogP contribution is 2.36. The summed E-state index contributed by atoms with van der Waals surface area (Å²) in [7, 11) is 0. The highest BCUT2D eigenvalue weighted by molar-refractivity contribution is 8.00. The molecule has 1 atom stereocenters. The van der Waals surface area contributed by atoms with E-state index in [1.54, 1.807) is 24.3 Å². The number of ether oxygens (including phenoxy) is 1. The van der Waals surface area contributed by atoms with E-state index in [4.69, 9.17) is 14.9 Å². The number of aryl methyl sites for hydroxylation is 2. The van der Waals surface area contributed by atoms with Crippen LogP contribution >= 0.6 is 11.8 Å². The third-order valence-corrected chi connectivity index (χ3v) is 7.38. The van der Waals surface area contributed by atoms with Crippen LogP contribution in [0, 0.1) is 5.92 Å². The minimum absolute atomic E-state index is 0.129. The Morgan fingerprint density at radius 3 is 2.10 bits per heavy atom. The van der Waals surface area contributed by atoms with Crippen molar-refractivity contribution in [2.75, 3.05) is 0 Å². The standard InChI is InChI=1S/C31H33F3O5S/c32-31(33,34)40-27-19-14-24(15-20-27)21-39-28-7-3-2-6-25(28)16-11-22(5-1-4-8-29(35)36)9-10-23-12-17-26(18-13-23)30(37)38/h2-3,6-7,12-15,17-20,22H,1,4-5,8-11,16,21H2,(H,35,36)(H,37,38). The van der Waals surface area contributed by atoms with Gasteiger partial charge in [-0.1, -0.05) is 55.3 Å². The van der Waals surface area contributed by atoms with Crippen LogP contribution < -0.4 is 4.74 Å². The molecular weight excluding hydrogens is 541 g/mol. The van der Waals surface area contributed by atoms with Crippen molar-refractivity contribution in [3.05, 3.63) is 95.1 Å². The first-order valence-electron chi connectivity index (χ1n) is 13.2. The highest BCUT2D eigenvalue weighted by Gasteiger charge is 2.29. The number of aliphatic carboxylic acids is 1. The molecule has 0 aromatic heterocycles. The summed E-state index contributed by atoms with van der Waals surface area (Å²) in [6, 6.07) is 20.7. The summed E-state index contributed by atoms with van der Waals surface area (Å²) in [6.07, 6.45) is 5.81. The van der Waals surface area contributed by atoms with Crippen LogP contribution in [0.3, 0.4) is 0 Å². The lowest BCUT2D eigenvalue weighted by atomic mass is 9.88. The van der Waals surface area contributed by atoms with Gasteiger partial charge in [0.1, 0.15) is 12.4 Å². The first-order valence-corrected chi connectivity index (χ1v) is 14.0. The molecule has 5 nitrogen and oxygen atoms in total. The summed E-state index contributed by atoms with van der Waals surface area (Å²) in [6.45, 7) is 0.235. The molecule has 0 saturated carbocycles. The van der Waals surface area contributed by atoms with Gasteiger partial charge < -0.3 is 14.9 Å². The van der Waals surface area contributed by atoms with Crippen LogP contribution in [0.4, 0.5) is 13.2 Å². The van der Waals surface area contributed by atoms with Crippen LogP contribution in [0.1, 0.15) is 65.6 Å². The van der Waals surface area contributed by atoms with E-state index in [1.807, 2.05) is 36.4 Å². The highest BCUT2D eigenvalue weighted by atomic mass is 32.2. The second-order valence-corrected chi connectivity index (χ2v) is 10.8. The lowest BCUT2D eigenvalue weighted by molar-refractivity contribution is -0.137. The average Bonchev–Trinajstić information content (AvgIpc) is 2.91. The molecule has 0 heterocycles. The van der Waals surface area contributed by atoms with E-state index < -0.39 is 17.4 Å². The number of halogens is 3. The van der Waals surface area contributed by atoms with Gasteiger partial charge in [0, 0.05) is 11.3 Å². The number of aromatic carboxylic acids is 1. The van der Waals surface area contributed by atoms with Crippen LogP contribution in [0.2, 0.25) is 0 Å². The van der Waals surface area contributed by atoms with E-state index in [1.165, 1.54) is 12.1 Å². The second kappa shape index (κ2) is 15.4. The topological polar surface area (TPSA) is 83.8 Å². The van der Waals surface area contributed by atoms with E-state index in [0.717, 1.165) is 61.0 Å². The number of hydrogen-bond donors (Lipinski definition) is 2. The summed E-state index contributed by atoms with van der Waals surface area (Å²) in [4.78, 5) is 22.2. The lowest BCUT2D eigenvalue weighted by Crippen LogP contribution is -2.07. The molecule has 0 aliphatic rings. The molecule has 0 amide bonds. The Morgan fingerprint density at radius 1 is 0.800 bits per heavy atom. The molecule has 214 valence electrons. The van der Waals surface area contributed by atoms with Crippen molar-refractivity contribution < 1.29 is 37.7 Å². The van der Waals surface area contributed by atoms with Gasteiger partial charge in [-0.15, -0.1) is 0 Å². The number of carboxylic acids is 2. The number of thioether (sulfide) groups is 1. The van der Waals surface area contributed by atoms with Gasteiger partial charge in [0.15, 0.2) is 0 Å². The van der Waals surface area contributed by atoms with Gasteiger partial charge in [0.25, 0.3) is 0 Å². The largest absolute Gasteiger partial charge is 0.489 e. The van der Waals surface area contributed by atoms with Crippen molar-refractivity contribution in [2.45, 2.75) is 68.4 Å². The maximum absolute atomic E-state index is 12.6. The maximum atomic E-state index is 12.6. The van der Waals surface area contributed by atoms with Gasteiger partial charge in [-0.25, -0.2) is 4.79 Å². The zero-order valence-electron chi connectivity index (χ0n) is 22.0. The fraction of sp³-hybridized carbons (Fsp3) is 0.355. The van der Waals surface area contributed by atoms with E-state index in [2.05, 4.69) is 0 Å². The van der Waals surface area contributed by atoms with Gasteiger partial charge in [-0.3, -0.25) is 4.79 Å². The number of carboxylic acid groups (broad SMARTS) is 2. The molecule has 1 unspecified atom stereocenters. The summed E-state index contributed by atoms with van der Waals surface area (Å²) < 4.78 is 43.8. The van der Waals surface area contributed by atoms with Gasteiger partial charge in [-0.2, -0.15) is 13.2 Å². The summed E-state index contributed by atoms with van der Waals surface area (Å²) in [5, 5.41) is 18.1. The third kappa shape index (κ3) is 11.3. The van der Waals surface area contributed by atoms with Crippen molar-refractivity contribution in [3.8, 4) is 5.75 Å². The van der Waals surface area contributed by atoms with Crippen molar-refractivity contribution in [1.82, 2.24) is 0 Å². The van der Waals surface area contributed by atoms with Gasteiger partial charge in [0.05, 0.1) is 5.56 Å². The minimum Gasteiger partial charge on any atom is -0.489 e. The molecule has 0 spiro atoms. The molecule has 0 aliphatic heterocycles. The molecule has 0 radical (unpaired) electrons. The first-order chi connectivity index (χ1) is 19.1. The van der Waals surface area contributed by atoms with Gasteiger partial charge in [0.2, 0.25) is 0 Å². The maximum Gasteiger partial charge on any atom is 0.446 e. The van der Waals surface area contributed by atoms with Crippen molar-refractivity contribution >= 4 is 23.7 Å². The molecule has 0 fully saturated rings. The third-order valence-electron chi connectivity index (χ3n) is 6.64. The summed E-state index contributed by atoms with van der Waals surface area (Å²) in [5.74, 6) is -0.680. The zero-order chi connectivity index (χ0) is 29.0. The van der Waals surface area contributed by atoms with Crippen LogP contribution in [-0.2, 0) is 24.2 Å². The van der Waals surface area contributed by atoms with Crippen LogP contribution in [0.5, 0.6) is 5.75 Å². The lowest BCUT2D eigenvalue weighted by Gasteiger charge is -2.18. The fourth-order valence-corrected chi connectivity index (χ4v) is 5.03. The molecule has 9 heteroatoms. The van der Waals surface area contributed by atoms with Crippen molar-refractivity contribution in [1.29, 1.82) is 0 Å². The average molecular weight is 575 g/mol. The molecule has 0 saturated heterocycles. The molecule has 0 aliphatic carbocycles. The first kappa shape index (κ1) is 31.1. The van der Waals surface area contributed by atoms with Crippen molar-refractivity contribution in [2.24, 2.45) is 5.92 Å². The van der Waals surface area contributed by atoms with Crippen LogP contribution in [0.15, 0.2) is 77.7 Å². The number of unbranched alkanes of at least 4 members (excludes halogenated alkanes) is 1. The van der Waals surface area contributed by atoms with E-state index >= 15 is 0 Å². The zero-order valence-corrected chi connectivity index (χ0v) is 22.8. The molecule has 3 aromatic carbocycles. The Bertz CT molecular complexity index is 1230. The number of benzene rings is 3. The smallest absolute Gasteiger partial charge is 0.446 e. The predicted octanol–water partition coefficient (Wildman–Crippen LogP) is 8.40. The Kier molecular flexibility index (Phi) is 11.9. The Hall–Kier alpha value is -3.46. The summed E-state index contributed by atoms with van der Waals surface area (Å²) >= 11 is -0.145. The van der Waals surface area contributed by atoms with E-state index in [-0.39, 0.29) is 35.2 Å². The number of para-hydroxylation sites is 1. The summed E-state index contributed by atoms with van der Waals surface area (Å²) in [5.41, 5.74) is -1.21. The fourth-order valence-electron chi connectivity index (χ4n) is 4.49. The van der Waals surface area contributed by atoms with Gasteiger partial charge in [-0.05, 0) is 96.8 Å². The number of alkyl halides is 3. The van der Waals surface area contributed by atoms with Crippen LogP contribution in [-0.4, -0.2) is 27.7 Å². The number of rotatable bonds is 16. The number of hydrogen-bond acceptors (Lipinski definition) is 4. The molecule has 3 aromatic rings. The Labute approximate surface area is 236 Å². The van der Waals surface area contributed by atoms with Gasteiger partial charge >= 0.3 is 17.4 Å². The monoisotopic (exact) mass is 574 g/mol. The Morgan fingerprint density at radius 2 is 1.45 bits per heavy atom. The van der Waals surface area contributed by atoms with Crippen LogP contribution in [0.25, 0.3) is 0 Å². The van der Waals surface area contributed by atoms with E-state index in [0.29, 0.717) is 12.3 Å². The second-order valence-electron chi connectivity index (χ2n) is 9.67. The molecule has 0 bridgehead atoms. The quantitative estimate of drug-likeness (QED) is 0.132. The SMILES string of the molecule is O=C(O)CCCCC(CCc1ccc(C(=O)O)cc1)CCc1ccccc1OCc1ccc(SC(F)(F)F)cc1. The predicted molar refractivity (Wildman–Crippen MR) is 149 cm³/mol. The minimum atomic E-state index is -4.32. The molecule has 2 N–H and O–H groups in total. The molecular formula is C31H33F3O5S. The van der Waals surface area contributed by atoms with E-state index in [9.17, 15) is 22.8 Å². The molecule has 3 rings (SSSR count). The normalized spacial score (nSPS) is 12.2.